The number of rotatable bonds is 11. The highest BCUT2D eigenvalue weighted by molar-refractivity contribution is 7.13. The molecule has 0 spiro atoms. The zero-order chi connectivity index (χ0) is 25.3. The van der Waals surface area contributed by atoms with Gasteiger partial charge in [0.05, 0.1) is 4.88 Å². The molecule has 0 aliphatic rings. The summed E-state index contributed by atoms with van der Waals surface area (Å²) >= 11 is 0.864. The minimum atomic E-state index is -1.57. The molecule has 0 aliphatic heterocycles. The molecule has 0 saturated heterocycles. The average molecular weight is 487 g/mol. The summed E-state index contributed by atoms with van der Waals surface area (Å²) in [6.07, 6.45) is -4.73. The van der Waals surface area contributed by atoms with Crippen LogP contribution in [0.5, 0.6) is 0 Å². The van der Waals surface area contributed by atoms with Crippen molar-refractivity contribution >= 4 is 47.0 Å². The van der Waals surface area contributed by atoms with E-state index >= 15 is 0 Å². The van der Waals surface area contributed by atoms with Gasteiger partial charge >= 0.3 is 29.8 Å². The summed E-state index contributed by atoms with van der Waals surface area (Å²) in [7, 11) is 0. The van der Waals surface area contributed by atoms with Crippen LogP contribution in [-0.4, -0.2) is 65.5 Å². The second-order valence-corrected chi connectivity index (χ2v) is 7.81. The summed E-state index contributed by atoms with van der Waals surface area (Å²) in [6, 6.07) is 0. The number of ether oxygens (including phenoxy) is 5. The van der Waals surface area contributed by atoms with Gasteiger partial charge in [0.1, 0.15) is 6.61 Å². The van der Waals surface area contributed by atoms with Crippen LogP contribution in [0.1, 0.15) is 62.3 Å². The van der Waals surface area contributed by atoms with Crippen LogP contribution < -0.4 is 0 Å². The van der Waals surface area contributed by atoms with Crippen molar-refractivity contribution in [3.8, 4) is 0 Å². The third kappa shape index (κ3) is 9.35. The van der Waals surface area contributed by atoms with E-state index in [1.54, 1.807) is 0 Å². The molecule has 0 saturated carbocycles. The maximum atomic E-state index is 11.9. The van der Waals surface area contributed by atoms with E-state index in [-0.39, 0.29) is 15.7 Å². The highest BCUT2D eigenvalue weighted by Crippen LogP contribution is 2.33. The summed E-state index contributed by atoms with van der Waals surface area (Å²) in [5, 5.41) is 0.0872. The normalized spacial score (nSPS) is 14.1. The van der Waals surface area contributed by atoms with Crippen molar-refractivity contribution in [2.24, 2.45) is 0 Å². The molecular formula is C20H25NO11S. The Morgan fingerprint density at radius 1 is 0.758 bits per heavy atom. The van der Waals surface area contributed by atoms with E-state index in [9.17, 15) is 28.8 Å². The third-order valence-corrected chi connectivity index (χ3v) is 4.92. The van der Waals surface area contributed by atoms with Crippen molar-refractivity contribution in [2.75, 3.05) is 6.61 Å². The Bertz CT molecular complexity index is 910. The molecule has 1 aromatic rings. The minimum Gasteiger partial charge on any atom is -0.462 e. The topological polar surface area (TPSA) is 161 Å². The minimum absolute atomic E-state index is 0.0872. The first-order valence-corrected chi connectivity index (χ1v) is 10.4. The number of thiazole rings is 1. The van der Waals surface area contributed by atoms with Crippen molar-refractivity contribution in [3.63, 3.8) is 0 Å². The van der Waals surface area contributed by atoms with Gasteiger partial charge in [-0.25, -0.2) is 4.98 Å². The molecule has 1 rings (SSSR count). The van der Waals surface area contributed by atoms with Gasteiger partial charge in [0, 0.05) is 47.7 Å². The number of hydrogen-bond acceptors (Lipinski definition) is 13. The SMILES string of the molecule is CC(=O)OC[C@@H](OC(C)=O)[C@@H](OC(C)=O)[C@@H](OC(C)=O)[C@H](OC(C)=O)c1cnc(C(C)=O)s1. The maximum absolute atomic E-state index is 11.9. The lowest BCUT2D eigenvalue weighted by atomic mass is 10.0. The van der Waals surface area contributed by atoms with E-state index in [0.717, 1.165) is 46.0 Å². The van der Waals surface area contributed by atoms with Crippen molar-refractivity contribution in [1.29, 1.82) is 0 Å². The van der Waals surface area contributed by atoms with Gasteiger partial charge in [-0.15, -0.1) is 11.3 Å². The lowest BCUT2D eigenvalue weighted by molar-refractivity contribution is -0.203. The number of Topliss-reactive ketones (excluding diaryl/α,β-unsaturated/α-hetero) is 1. The molecule has 0 bridgehead atoms. The quantitative estimate of drug-likeness (QED) is 0.250. The second-order valence-electron chi connectivity index (χ2n) is 6.75. The largest absolute Gasteiger partial charge is 0.462 e. The highest BCUT2D eigenvalue weighted by atomic mass is 32.1. The fourth-order valence-electron chi connectivity index (χ4n) is 2.69. The van der Waals surface area contributed by atoms with E-state index in [0.29, 0.717) is 0 Å². The predicted octanol–water partition coefficient (Wildman–Crippen LogP) is 1.31. The van der Waals surface area contributed by atoms with Crippen molar-refractivity contribution in [1.82, 2.24) is 4.98 Å². The van der Waals surface area contributed by atoms with Gasteiger partial charge in [-0.2, -0.15) is 0 Å². The first-order valence-electron chi connectivity index (χ1n) is 9.60. The standard InChI is InChI=1S/C20H25NO11S/c1-9(22)20-21-7-16(33-20)18(31-13(5)26)19(32-14(6)27)17(30-12(4)25)15(29-11(3)24)8-28-10(2)23/h7,15,17-19H,8H2,1-6H3/t15-,17-,18-,19-/m1/s1. The predicted molar refractivity (Wildman–Crippen MR) is 110 cm³/mol. The van der Waals surface area contributed by atoms with E-state index in [4.69, 9.17) is 23.7 Å². The number of ketones is 1. The lowest BCUT2D eigenvalue weighted by Crippen LogP contribution is -2.50. The molecule has 13 heteroatoms. The number of carbonyl (C=O) groups is 6. The number of hydrogen-bond donors (Lipinski definition) is 0. The Morgan fingerprint density at radius 2 is 1.27 bits per heavy atom. The van der Waals surface area contributed by atoms with E-state index in [1.165, 1.54) is 13.1 Å². The summed E-state index contributed by atoms with van der Waals surface area (Å²) in [4.78, 5) is 74.5. The van der Waals surface area contributed by atoms with Crippen LogP contribution in [0.25, 0.3) is 0 Å². The molecule has 4 atom stereocenters. The van der Waals surface area contributed by atoms with Crippen LogP contribution in [-0.2, 0) is 47.7 Å². The Labute approximate surface area is 193 Å². The molecule has 33 heavy (non-hydrogen) atoms. The molecule has 0 aromatic carbocycles. The van der Waals surface area contributed by atoms with Gasteiger partial charge in [-0.1, -0.05) is 0 Å². The van der Waals surface area contributed by atoms with Crippen LogP contribution in [0.15, 0.2) is 6.20 Å². The van der Waals surface area contributed by atoms with Crippen molar-refractivity contribution in [2.45, 2.75) is 66.0 Å². The molecule has 0 unspecified atom stereocenters. The lowest BCUT2D eigenvalue weighted by Gasteiger charge is -2.34. The Kier molecular flexibility index (Phi) is 10.6. The number of nitrogens with zero attached hydrogens (tertiary/aromatic N) is 1. The fourth-order valence-corrected chi connectivity index (χ4v) is 3.57. The van der Waals surface area contributed by atoms with Crippen LogP contribution in [0.4, 0.5) is 0 Å². The van der Waals surface area contributed by atoms with E-state index in [1.807, 2.05) is 0 Å². The van der Waals surface area contributed by atoms with Crippen LogP contribution in [0.2, 0.25) is 0 Å². The molecule has 12 nitrogen and oxygen atoms in total. The number of aromatic nitrogens is 1. The van der Waals surface area contributed by atoms with Gasteiger partial charge in [-0.05, 0) is 0 Å². The van der Waals surface area contributed by atoms with E-state index in [2.05, 4.69) is 4.98 Å². The molecule has 1 heterocycles. The average Bonchev–Trinajstić information content (AvgIpc) is 3.15. The van der Waals surface area contributed by atoms with Crippen LogP contribution in [0, 0.1) is 0 Å². The van der Waals surface area contributed by atoms with E-state index < -0.39 is 60.9 Å². The molecule has 0 N–H and O–H groups in total. The van der Waals surface area contributed by atoms with Crippen LogP contribution >= 0.6 is 11.3 Å². The molecule has 0 amide bonds. The summed E-state index contributed by atoms with van der Waals surface area (Å²) in [5.74, 6) is -4.39. The molecule has 0 aliphatic carbocycles. The fraction of sp³-hybridized carbons (Fsp3) is 0.550. The smallest absolute Gasteiger partial charge is 0.303 e. The summed E-state index contributed by atoms with van der Waals surface area (Å²) < 4.78 is 26.1. The van der Waals surface area contributed by atoms with Gasteiger partial charge in [0.2, 0.25) is 0 Å². The zero-order valence-electron chi connectivity index (χ0n) is 18.9. The second kappa shape index (κ2) is 12.6. The first-order chi connectivity index (χ1) is 15.3. The zero-order valence-corrected chi connectivity index (χ0v) is 19.8. The van der Waals surface area contributed by atoms with Gasteiger partial charge < -0.3 is 23.7 Å². The van der Waals surface area contributed by atoms with Gasteiger partial charge in [0.25, 0.3) is 0 Å². The first kappa shape index (κ1) is 27.7. The highest BCUT2D eigenvalue weighted by Gasteiger charge is 2.45. The maximum Gasteiger partial charge on any atom is 0.303 e. The number of carbonyl (C=O) groups excluding carboxylic acids is 6. The Morgan fingerprint density at radius 3 is 1.70 bits per heavy atom. The summed E-state index contributed by atoms with van der Waals surface area (Å²) in [6.45, 7) is 6.10. The molecule has 182 valence electrons. The molecular weight excluding hydrogens is 462 g/mol. The monoisotopic (exact) mass is 487 g/mol. The van der Waals surface area contributed by atoms with Crippen molar-refractivity contribution < 1.29 is 52.5 Å². The van der Waals surface area contributed by atoms with Crippen molar-refractivity contribution in [3.05, 3.63) is 16.1 Å². The summed E-state index contributed by atoms with van der Waals surface area (Å²) in [5.41, 5.74) is 0. The van der Waals surface area contributed by atoms with Gasteiger partial charge in [-0.3, -0.25) is 28.8 Å². The molecule has 0 fully saturated rings. The molecule has 1 aromatic heterocycles. The Balaban J connectivity index is 3.61. The number of esters is 5. The third-order valence-electron chi connectivity index (χ3n) is 3.76. The Hall–Kier alpha value is -3.35. The van der Waals surface area contributed by atoms with Gasteiger partial charge in [0.15, 0.2) is 35.2 Å². The van der Waals surface area contributed by atoms with Crippen LogP contribution in [0.3, 0.4) is 0 Å². The molecule has 0 radical (unpaired) electrons.